The molecule has 188 valence electrons. The van der Waals surface area contributed by atoms with Gasteiger partial charge in [0.1, 0.15) is 34.2 Å². The Kier molecular flexibility index (Phi) is 8.95. The lowest BCUT2D eigenvalue weighted by atomic mass is 10.3. The first-order valence-electron chi connectivity index (χ1n) is 11.1. The molecule has 0 radical (unpaired) electrons. The smallest absolute Gasteiger partial charge is 0.405 e. The zero-order valence-corrected chi connectivity index (χ0v) is 20.0. The van der Waals surface area contributed by atoms with Gasteiger partial charge in [-0.05, 0) is 45.0 Å². The van der Waals surface area contributed by atoms with Crippen LogP contribution in [0.2, 0.25) is 0 Å². The number of aromatic nitrogens is 1. The lowest BCUT2D eigenvalue weighted by molar-refractivity contribution is -0.135. The Morgan fingerprint density at radius 1 is 1.31 bits per heavy atom. The van der Waals surface area contributed by atoms with Crippen molar-refractivity contribution in [3.63, 3.8) is 0 Å². The van der Waals surface area contributed by atoms with Crippen molar-refractivity contribution in [1.82, 2.24) is 14.8 Å². The molecule has 0 aliphatic carbocycles. The fraction of sp³-hybridized carbons (Fsp3) is 0.435. The largest absolute Gasteiger partial charge is 0.492 e. The molecule has 1 aliphatic rings. The molecule has 0 bridgehead atoms. The summed E-state index contributed by atoms with van der Waals surface area (Å²) in [6.07, 6.45) is -0.753. The molecule has 1 aromatic carbocycles. The molecule has 0 unspecified atom stereocenters. The fourth-order valence-electron chi connectivity index (χ4n) is 3.58. The van der Waals surface area contributed by atoms with Gasteiger partial charge in [-0.15, -0.1) is 11.3 Å². The van der Waals surface area contributed by atoms with Crippen molar-refractivity contribution in [3.05, 3.63) is 43.8 Å². The van der Waals surface area contributed by atoms with Gasteiger partial charge in [0.2, 0.25) is 0 Å². The van der Waals surface area contributed by atoms with Crippen LogP contribution in [0.1, 0.15) is 19.8 Å². The molecule has 1 saturated heterocycles. The Morgan fingerprint density at radius 3 is 2.71 bits per heavy atom. The van der Waals surface area contributed by atoms with Gasteiger partial charge < -0.3 is 15.4 Å². The van der Waals surface area contributed by atoms with E-state index < -0.39 is 29.8 Å². The number of hydrogen-bond donors (Lipinski definition) is 2. The molecule has 0 atom stereocenters. The number of ether oxygens (including phenoxy) is 1. The summed E-state index contributed by atoms with van der Waals surface area (Å²) in [5.41, 5.74) is -0.353. The minimum Gasteiger partial charge on any atom is -0.492 e. The average molecular weight is 510 g/mol. The zero-order chi connectivity index (χ0) is 25.4. The van der Waals surface area contributed by atoms with E-state index in [-0.39, 0.29) is 15.7 Å². The predicted octanol–water partition coefficient (Wildman–Crippen LogP) is 1.61. The average Bonchev–Trinajstić information content (AvgIpc) is 3.44. The van der Waals surface area contributed by atoms with Gasteiger partial charge in [-0.1, -0.05) is 6.07 Å². The number of hydrogen-bond acceptors (Lipinski definition) is 7. The summed E-state index contributed by atoms with van der Waals surface area (Å²) >= 11 is 0.851. The Morgan fingerprint density at radius 2 is 2.06 bits per heavy atom. The molecular formula is C23H26F3N5O3S. The number of alkyl halides is 3. The number of likely N-dealkylation sites (tertiary alicyclic amines) is 1. The van der Waals surface area contributed by atoms with Crippen LogP contribution in [0.25, 0.3) is 11.8 Å². The SMILES string of the molecule is CCn1c(=O)/c(=C\Nc2cccc(OCCN3CCCC3)c2)s/c1=C(/C#N)C(=O)NCC(F)(F)F. The van der Waals surface area contributed by atoms with Gasteiger partial charge in [0.15, 0.2) is 5.57 Å². The van der Waals surface area contributed by atoms with Crippen molar-refractivity contribution in [2.45, 2.75) is 32.5 Å². The molecule has 12 heteroatoms. The zero-order valence-electron chi connectivity index (χ0n) is 19.2. The third kappa shape index (κ3) is 7.34. The molecule has 0 spiro atoms. The maximum atomic E-state index is 12.8. The molecule has 35 heavy (non-hydrogen) atoms. The van der Waals surface area contributed by atoms with Crippen LogP contribution in [0.15, 0.2) is 29.1 Å². The van der Waals surface area contributed by atoms with E-state index in [2.05, 4.69) is 10.2 Å². The molecule has 2 heterocycles. The topological polar surface area (TPSA) is 99.4 Å². The lowest BCUT2D eigenvalue weighted by Crippen LogP contribution is -2.37. The van der Waals surface area contributed by atoms with Gasteiger partial charge in [-0.25, -0.2) is 0 Å². The van der Waals surface area contributed by atoms with Crippen LogP contribution >= 0.6 is 11.3 Å². The number of nitrogens with one attached hydrogen (secondary N) is 2. The minimum atomic E-state index is -4.62. The number of carbonyl (C=O) groups excluding carboxylic acids is 1. The normalized spacial score (nSPS) is 15.6. The lowest BCUT2D eigenvalue weighted by Gasteiger charge is -2.15. The molecule has 8 nitrogen and oxygen atoms in total. The van der Waals surface area contributed by atoms with Gasteiger partial charge in [0.25, 0.3) is 11.5 Å². The summed E-state index contributed by atoms with van der Waals surface area (Å²) in [4.78, 5) is 27.3. The molecule has 0 saturated carbocycles. The van der Waals surface area contributed by atoms with Gasteiger partial charge in [0.05, 0.1) is 0 Å². The van der Waals surface area contributed by atoms with Gasteiger partial charge in [-0.3, -0.25) is 19.1 Å². The number of amides is 1. The second kappa shape index (κ2) is 11.9. The molecule has 2 aromatic rings. The van der Waals surface area contributed by atoms with Crippen molar-refractivity contribution in [3.8, 4) is 11.8 Å². The summed E-state index contributed by atoms with van der Waals surface area (Å²) in [6.45, 7) is 3.80. The highest BCUT2D eigenvalue weighted by molar-refractivity contribution is 7.07. The number of nitriles is 1. The molecule has 3 rings (SSSR count). The number of rotatable bonds is 9. The van der Waals surface area contributed by atoms with Crippen molar-refractivity contribution >= 4 is 34.7 Å². The fourth-order valence-corrected chi connectivity index (χ4v) is 4.67. The number of carbonyl (C=O) groups is 1. The van der Waals surface area contributed by atoms with Gasteiger partial charge >= 0.3 is 6.18 Å². The maximum absolute atomic E-state index is 12.8. The standard InChI is InChI=1S/C23H26F3N5O3S/c1-2-31-21(33)19(35-22(31)18(13-27)20(32)29-15-23(24,25)26)14-28-16-6-5-7-17(12-16)34-11-10-30-8-3-4-9-30/h5-7,12,14,28H,2-4,8-11,15H2,1H3,(H,29,32)/b19-14+,22-18-. The van der Waals surface area contributed by atoms with Crippen LogP contribution in [0.5, 0.6) is 5.75 Å². The second-order valence-electron chi connectivity index (χ2n) is 7.82. The number of benzene rings is 1. The van der Waals surface area contributed by atoms with Crippen LogP contribution in [0, 0.1) is 11.3 Å². The van der Waals surface area contributed by atoms with Crippen LogP contribution in [-0.4, -0.2) is 54.3 Å². The summed E-state index contributed by atoms with van der Waals surface area (Å²) in [6, 6.07) is 8.83. The second-order valence-corrected chi connectivity index (χ2v) is 8.85. The van der Waals surface area contributed by atoms with E-state index in [1.165, 1.54) is 23.6 Å². The molecule has 2 N–H and O–H groups in total. The summed E-state index contributed by atoms with van der Waals surface area (Å²) in [5, 5.41) is 14.1. The number of thiazole rings is 1. The van der Waals surface area contributed by atoms with Crippen LogP contribution in [0.4, 0.5) is 18.9 Å². The van der Waals surface area contributed by atoms with Gasteiger partial charge in [-0.2, -0.15) is 18.4 Å². The van der Waals surface area contributed by atoms with E-state index in [0.717, 1.165) is 31.0 Å². The molecule has 1 aliphatic heterocycles. The summed E-state index contributed by atoms with van der Waals surface area (Å²) in [5.74, 6) is -0.520. The number of anilines is 1. The maximum Gasteiger partial charge on any atom is 0.405 e. The third-order valence-corrected chi connectivity index (χ3v) is 6.44. The Balaban J connectivity index is 1.79. The third-order valence-electron chi connectivity index (χ3n) is 5.30. The van der Waals surface area contributed by atoms with Crippen molar-refractivity contribution in [2.24, 2.45) is 0 Å². The van der Waals surface area contributed by atoms with E-state index in [4.69, 9.17) is 4.74 Å². The number of nitrogens with zero attached hydrogens (tertiary/aromatic N) is 3. The van der Waals surface area contributed by atoms with Crippen molar-refractivity contribution < 1.29 is 22.7 Å². The predicted molar refractivity (Wildman–Crippen MR) is 127 cm³/mol. The molecular weight excluding hydrogens is 483 g/mol. The highest BCUT2D eigenvalue weighted by atomic mass is 32.1. The van der Waals surface area contributed by atoms with E-state index in [0.29, 0.717) is 18.0 Å². The Bertz CT molecular complexity index is 1260. The minimum absolute atomic E-state index is 0.00767. The highest BCUT2D eigenvalue weighted by Crippen LogP contribution is 2.17. The van der Waals surface area contributed by atoms with E-state index >= 15 is 0 Å². The van der Waals surface area contributed by atoms with E-state index in [9.17, 15) is 28.0 Å². The first-order valence-corrected chi connectivity index (χ1v) is 11.9. The van der Waals surface area contributed by atoms with Crippen LogP contribution < -0.4 is 30.1 Å². The highest BCUT2D eigenvalue weighted by Gasteiger charge is 2.28. The Labute approximate surface area is 203 Å². The molecule has 1 amide bonds. The van der Waals surface area contributed by atoms with Crippen LogP contribution in [-0.2, 0) is 11.3 Å². The van der Waals surface area contributed by atoms with Gasteiger partial charge in [0, 0.05) is 31.0 Å². The summed E-state index contributed by atoms with van der Waals surface area (Å²) in [7, 11) is 0. The molecule has 1 aromatic heterocycles. The van der Waals surface area contributed by atoms with Crippen molar-refractivity contribution in [2.75, 3.05) is 38.1 Å². The van der Waals surface area contributed by atoms with Crippen LogP contribution in [0.3, 0.4) is 0 Å². The quantitative estimate of drug-likeness (QED) is 0.533. The summed E-state index contributed by atoms with van der Waals surface area (Å²) < 4.78 is 44.5. The monoisotopic (exact) mass is 509 g/mol. The van der Waals surface area contributed by atoms with Crippen molar-refractivity contribution in [1.29, 1.82) is 5.26 Å². The first kappa shape index (κ1) is 26.3. The first-order chi connectivity index (χ1) is 16.7. The van der Waals surface area contributed by atoms with E-state index in [1.54, 1.807) is 36.5 Å². The Hall–Kier alpha value is -3.30. The number of halogens is 3. The van der Waals surface area contributed by atoms with E-state index in [1.807, 2.05) is 6.07 Å². The molecule has 1 fully saturated rings.